The van der Waals surface area contributed by atoms with E-state index in [2.05, 4.69) is 5.32 Å². The van der Waals surface area contributed by atoms with Crippen molar-refractivity contribution in [2.24, 2.45) is 0 Å². The minimum Gasteiger partial charge on any atom is -0.350 e. The Labute approximate surface area is 152 Å². The third-order valence-electron chi connectivity index (χ3n) is 4.45. The molecule has 4 nitrogen and oxygen atoms in total. The van der Waals surface area contributed by atoms with Crippen molar-refractivity contribution in [3.63, 3.8) is 0 Å². The highest BCUT2D eigenvalue weighted by molar-refractivity contribution is 6.31. The highest BCUT2D eigenvalue weighted by Gasteiger charge is 2.36. The van der Waals surface area contributed by atoms with Gasteiger partial charge < -0.3 is 10.2 Å². The van der Waals surface area contributed by atoms with Crippen LogP contribution in [0.5, 0.6) is 0 Å². The van der Waals surface area contributed by atoms with Gasteiger partial charge >= 0.3 is 0 Å². The Morgan fingerprint density at radius 3 is 2.68 bits per heavy atom. The summed E-state index contributed by atoms with van der Waals surface area (Å²) < 4.78 is 0. The molecule has 0 spiro atoms. The van der Waals surface area contributed by atoms with Crippen molar-refractivity contribution >= 4 is 23.4 Å². The summed E-state index contributed by atoms with van der Waals surface area (Å²) in [5.74, 6) is -0.174. The maximum Gasteiger partial charge on any atom is 0.247 e. The summed E-state index contributed by atoms with van der Waals surface area (Å²) in [6, 6.07) is 14.5. The molecule has 2 aromatic rings. The molecule has 5 heteroatoms. The van der Waals surface area contributed by atoms with E-state index in [9.17, 15) is 9.59 Å². The molecule has 2 aromatic carbocycles. The molecular formula is C20H21ClN2O2. The van der Waals surface area contributed by atoms with E-state index in [1.807, 2.05) is 49.4 Å². The van der Waals surface area contributed by atoms with Gasteiger partial charge in [0.15, 0.2) is 0 Å². The lowest BCUT2D eigenvalue weighted by molar-refractivity contribution is -0.141. The number of benzene rings is 2. The predicted octanol–water partition coefficient (Wildman–Crippen LogP) is 3.49. The summed E-state index contributed by atoms with van der Waals surface area (Å²) in [5, 5.41) is 3.56. The number of hydrogen-bond donors (Lipinski definition) is 1. The molecule has 0 saturated carbocycles. The van der Waals surface area contributed by atoms with Gasteiger partial charge in [-0.15, -0.1) is 0 Å². The smallest absolute Gasteiger partial charge is 0.247 e. The van der Waals surface area contributed by atoms with E-state index < -0.39 is 6.04 Å². The second-order valence-corrected chi connectivity index (χ2v) is 6.58. The van der Waals surface area contributed by atoms with E-state index in [0.29, 0.717) is 24.5 Å². The number of nitrogens with one attached hydrogen (secondary N) is 1. The molecule has 0 unspecified atom stereocenters. The zero-order chi connectivity index (χ0) is 17.8. The SMILES string of the molecule is CCCN1C(=O)Cc2ccccc2[C@@H]1C(=O)NCc1ccccc1Cl. The summed E-state index contributed by atoms with van der Waals surface area (Å²) in [6.45, 7) is 2.91. The number of halogens is 1. The molecule has 0 aliphatic carbocycles. The lowest BCUT2D eigenvalue weighted by atomic mass is 9.91. The normalized spacial score (nSPS) is 16.5. The van der Waals surface area contributed by atoms with Crippen molar-refractivity contribution in [3.8, 4) is 0 Å². The van der Waals surface area contributed by atoms with Crippen molar-refractivity contribution < 1.29 is 9.59 Å². The number of rotatable bonds is 5. The molecule has 1 atom stereocenters. The molecular weight excluding hydrogens is 336 g/mol. The van der Waals surface area contributed by atoms with Crippen LogP contribution in [-0.2, 0) is 22.6 Å². The van der Waals surface area contributed by atoms with Crippen LogP contribution in [0.1, 0.15) is 36.1 Å². The first-order valence-electron chi connectivity index (χ1n) is 8.50. The van der Waals surface area contributed by atoms with Crippen molar-refractivity contribution in [1.29, 1.82) is 0 Å². The van der Waals surface area contributed by atoms with Crippen LogP contribution in [0.4, 0.5) is 0 Å². The van der Waals surface area contributed by atoms with Crippen molar-refractivity contribution in [2.75, 3.05) is 6.54 Å². The lowest BCUT2D eigenvalue weighted by Crippen LogP contribution is -2.47. The molecule has 0 fully saturated rings. The van der Waals surface area contributed by atoms with Crippen LogP contribution in [-0.4, -0.2) is 23.3 Å². The summed E-state index contributed by atoms with van der Waals surface area (Å²) >= 11 is 6.16. The van der Waals surface area contributed by atoms with Gasteiger partial charge in [-0.2, -0.15) is 0 Å². The van der Waals surface area contributed by atoms with Crippen LogP contribution in [0, 0.1) is 0 Å². The molecule has 1 aliphatic heterocycles. The third-order valence-corrected chi connectivity index (χ3v) is 4.82. The first-order valence-corrected chi connectivity index (χ1v) is 8.88. The first-order chi connectivity index (χ1) is 12.1. The quantitative estimate of drug-likeness (QED) is 0.891. The Hall–Kier alpha value is -2.33. The fraction of sp³-hybridized carbons (Fsp3) is 0.300. The molecule has 130 valence electrons. The van der Waals surface area contributed by atoms with Gasteiger partial charge in [0.05, 0.1) is 6.42 Å². The Kier molecular flexibility index (Phi) is 5.39. The molecule has 2 amide bonds. The van der Waals surface area contributed by atoms with E-state index >= 15 is 0 Å². The summed E-state index contributed by atoms with van der Waals surface area (Å²) in [5.41, 5.74) is 2.69. The van der Waals surface area contributed by atoms with Crippen molar-refractivity contribution in [1.82, 2.24) is 10.2 Å². The van der Waals surface area contributed by atoms with Gasteiger partial charge in [-0.05, 0) is 29.2 Å². The van der Waals surface area contributed by atoms with Gasteiger partial charge in [-0.25, -0.2) is 0 Å². The van der Waals surface area contributed by atoms with Crippen LogP contribution in [0.25, 0.3) is 0 Å². The summed E-state index contributed by atoms with van der Waals surface area (Å²) in [4.78, 5) is 27.1. The molecule has 0 aromatic heterocycles. The number of hydrogen-bond acceptors (Lipinski definition) is 2. The van der Waals surface area contributed by atoms with Crippen molar-refractivity contribution in [2.45, 2.75) is 32.4 Å². The molecule has 3 rings (SSSR count). The molecule has 25 heavy (non-hydrogen) atoms. The Morgan fingerprint density at radius 2 is 1.92 bits per heavy atom. The highest BCUT2D eigenvalue weighted by Crippen LogP contribution is 2.31. The maximum atomic E-state index is 12.9. The summed E-state index contributed by atoms with van der Waals surface area (Å²) in [7, 11) is 0. The molecule has 0 bridgehead atoms. The Balaban J connectivity index is 1.85. The van der Waals surface area contributed by atoms with Gasteiger partial charge in [-0.1, -0.05) is 61.0 Å². The molecule has 1 N–H and O–H groups in total. The average molecular weight is 357 g/mol. The highest BCUT2D eigenvalue weighted by atomic mass is 35.5. The van der Waals surface area contributed by atoms with Gasteiger partial charge in [0.2, 0.25) is 11.8 Å². The number of carbonyl (C=O) groups is 2. The molecule has 1 aliphatic rings. The second kappa shape index (κ2) is 7.70. The zero-order valence-corrected chi connectivity index (χ0v) is 14.9. The Morgan fingerprint density at radius 1 is 1.20 bits per heavy atom. The van der Waals surface area contributed by atoms with E-state index in [0.717, 1.165) is 23.1 Å². The fourth-order valence-electron chi connectivity index (χ4n) is 3.24. The van der Waals surface area contributed by atoms with Crippen LogP contribution in [0.3, 0.4) is 0 Å². The standard InChI is InChI=1S/C20H21ClN2O2/c1-2-11-23-18(24)12-14-7-3-5-9-16(14)19(23)20(25)22-13-15-8-4-6-10-17(15)21/h3-10,19H,2,11-13H2,1H3,(H,22,25)/t19-/m1/s1. The predicted molar refractivity (Wildman–Crippen MR) is 98.2 cm³/mol. The van der Waals surface area contributed by atoms with Crippen LogP contribution in [0.2, 0.25) is 5.02 Å². The van der Waals surface area contributed by atoms with Gasteiger partial charge in [-0.3, -0.25) is 9.59 Å². The lowest BCUT2D eigenvalue weighted by Gasteiger charge is -2.36. The number of fused-ring (bicyclic) bond motifs is 1. The minimum absolute atomic E-state index is 0.00144. The van der Waals surface area contributed by atoms with E-state index in [1.54, 1.807) is 11.0 Å². The Bertz CT molecular complexity index is 791. The second-order valence-electron chi connectivity index (χ2n) is 6.17. The molecule has 0 radical (unpaired) electrons. The number of nitrogens with zero attached hydrogens (tertiary/aromatic N) is 1. The van der Waals surface area contributed by atoms with Crippen LogP contribution in [0.15, 0.2) is 48.5 Å². The third kappa shape index (κ3) is 3.69. The zero-order valence-electron chi connectivity index (χ0n) is 14.2. The largest absolute Gasteiger partial charge is 0.350 e. The van der Waals surface area contributed by atoms with Gasteiger partial charge in [0, 0.05) is 18.1 Å². The average Bonchev–Trinajstić information content (AvgIpc) is 2.61. The first kappa shape index (κ1) is 17.5. The van der Waals surface area contributed by atoms with E-state index in [-0.39, 0.29) is 11.8 Å². The maximum absolute atomic E-state index is 12.9. The minimum atomic E-state index is -0.583. The molecule has 0 saturated heterocycles. The van der Waals surface area contributed by atoms with E-state index in [1.165, 1.54) is 0 Å². The number of amides is 2. The van der Waals surface area contributed by atoms with Crippen molar-refractivity contribution in [3.05, 3.63) is 70.2 Å². The van der Waals surface area contributed by atoms with Gasteiger partial charge in [0.1, 0.15) is 6.04 Å². The van der Waals surface area contributed by atoms with Crippen LogP contribution >= 0.6 is 11.6 Å². The molecule has 1 heterocycles. The fourth-order valence-corrected chi connectivity index (χ4v) is 3.44. The topological polar surface area (TPSA) is 49.4 Å². The van der Waals surface area contributed by atoms with Crippen LogP contribution < -0.4 is 5.32 Å². The monoisotopic (exact) mass is 356 g/mol. The van der Waals surface area contributed by atoms with Gasteiger partial charge in [0.25, 0.3) is 0 Å². The number of carbonyl (C=O) groups excluding carboxylic acids is 2. The summed E-state index contributed by atoms with van der Waals surface area (Å²) in [6.07, 6.45) is 1.16. The van der Waals surface area contributed by atoms with E-state index in [4.69, 9.17) is 11.6 Å².